The van der Waals surface area contributed by atoms with Crippen LogP contribution < -0.4 is 10.2 Å². The number of urea groups is 1. The van der Waals surface area contributed by atoms with Crippen molar-refractivity contribution in [3.63, 3.8) is 0 Å². The molecule has 0 bridgehead atoms. The average molecular weight is 225 g/mol. The number of imide groups is 1. The standard InChI is InChI=1S/C10H9ClN2O2/c1-6-9(14)12-10(15)13(6)8-4-2-7(11)3-5-8/h2-6H,1H3,(H,12,14,15)/t6-/m1/s1. The summed E-state index contributed by atoms with van der Waals surface area (Å²) < 4.78 is 0. The first-order chi connectivity index (χ1) is 7.09. The second kappa shape index (κ2) is 3.55. The minimum atomic E-state index is -0.473. The van der Waals surface area contributed by atoms with Gasteiger partial charge in [0, 0.05) is 10.7 Å². The van der Waals surface area contributed by atoms with Gasteiger partial charge in [0.15, 0.2) is 0 Å². The van der Waals surface area contributed by atoms with Crippen molar-refractivity contribution in [3.05, 3.63) is 29.3 Å². The molecule has 1 N–H and O–H groups in total. The molecule has 1 fully saturated rings. The predicted octanol–water partition coefficient (Wildman–Crippen LogP) is 1.78. The van der Waals surface area contributed by atoms with E-state index in [1.807, 2.05) is 0 Å². The molecular formula is C10H9ClN2O2. The van der Waals surface area contributed by atoms with E-state index in [-0.39, 0.29) is 5.91 Å². The summed E-state index contributed by atoms with van der Waals surface area (Å²) in [6.07, 6.45) is 0. The molecule has 0 radical (unpaired) electrons. The van der Waals surface area contributed by atoms with Crippen molar-refractivity contribution in [2.24, 2.45) is 0 Å². The number of amides is 3. The van der Waals surface area contributed by atoms with Gasteiger partial charge >= 0.3 is 6.03 Å². The molecule has 1 aromatic rings. The first kappa shape index (κ1) is 9.98. The van der Waals surface area contributed by atoms with Crippen molar-refractivity contribution < 1.29 is 9.59 Å². The summed E-state index contributed by atoms with van der Waals surface area (Å²) in [5.41, 5.74) is 0.662. The molecule has 0 spiro atoms. The van der Waals surface area contributed by atoms with E-state index in [1.165, 1.54) is 4.90 Å². The first-order valence-electron chi connectivity index (χ1n) is 4.49. The van der Waals surface area contributed by atoms with E-state index in [0.29, 0.717) is 10.7 Å². The number of benzene rings is 1. The average Bonchev–Trinajstić information content (AvgIpc) is 2.44. The monoisotopic (exact) mass is 224 g/mol. The van der Waals surface area contributed by atoms with Crippen LogP contribution in [0.3, 0.4) is 0 Å². The summed E-state index contributed by atoms with van der Waals surface area (Å²) in [6, 6.07) is 5.90. The van der Waals surface area contributed by atoms with Crippen LogP contribution in [0.15, 0.2) is 24.3 Å². The maximum atomic E-state index is 11.4. The van der Waals surface area contributed by atoms with E-state index < -0.39 is 12.1 Å². The Hall–Kier alpha value is -1.55. The van der Waals surface area contributed by atoms with Crippen molar-refractivity contribution in [1.29, 1.82) is 0 Å². The maximum absolute atomic E-state index is 11.4. The van der Waals surface area contributed by atoms with E-state index in [1.54, 1.807) is 31.2 Å². The smallest absolute Gasteiger partial charge is 0.282 e. The lowest BCUT2D eigenvalue weighted by atomic mass is 10.2. The number of anilines is 1. The second-order valence-electron chi connectivity index (χ2n) is 3.32. The summed E-state index contributed by atoms with van der Waals surface area (Å²) in [7, 11) is 0. The fraction of sp³-hybridized carbons (Fsp3) is 0.200. The zero-order valence-electron chi connectivity index (χ0n) is 8.03. The molecule has 1 aromatic carbocycles. The number of nitrogens with one attached hydrogen (secondary N) is 1. The van der Waals surface area contributed by atoms with Crippen LogP contribution in [0.5, 0.6) is 0 Å². The molecule has 0 saturated carbocycles. The van der Waals surface area contributed by atoms with Crippen LogP contribution in [0, 0.1) is 0 Å². The molecule has 1 atom stereocenters. The molecule has 3 amide bonds. The van der Waals surface area contributed by atoms with Crippen LogP contribution in [0.4, 0.5) is 10.5 Å². The van der Waals surface area contributed by atoms with Crippen LogP contribution in [-0.4, -0.2) is 18.0 Å². The van der Waals surface area contributed by atoms with E-state index in [9.17, 15) is 9.59 Å². The van der Waals surface area contributed by atoms with Crippen LogP contribution in [0.1, 0.15) is 6.92 Å². The molecule has 2 rings (SSSR count). The lowest BCUT2D eigenvalue weighted by Gasteiger charge is -2.18. The van der Waals surface area contributed by atoms with Crippen LogP contribution >= 0.6 is 11.6 Å². The summed E-state index contributed by atoms with van der Waals surface area (Å²) >= 11 is 5.73. The fourth-order valence-corrected chi connectivity index (χ4v) is 1.63. The van der Waals surface area contributed by atoms with E-state index in [4.69, 9.17) is 11.6 Å². The van der Waals surface area contributed by atoms with Crippen LogP contribution in [-0.2, 0) is 4.79 Å². The third kappa shape index (κ3) is 1.68. The van der Waals surface area contributed by atoms with Crippen molar-refractivity contribution >= 4 is 29.2 Å². The summed E-state index contributed by atoms with van der Waals surface area (Å²) in [5, 5.41) is 2.84. The van der Waals surface area contributed by atoms with Crippen LogP contribution in [0.25, 0.3) is 0 Å². The summed E-state index contributed by atoms with van der Waals surface area (Å²) in [5.74, 6) is -0.282. The predicted molar refractivity (Wildman–Crippen MR) is 56.9 cm³/mol. The Morgan fingerprint density at radius 1 is 1.27 bits per heavy atom. The molecule has 5 heteroatoms. The maximum Gasteiger partial charge on any atom is 0.329 e. The first-order valence-corrected chi connectivity index (χ1v) is 4.87. The van der Waals surface area contributed by atoms with Crippen molar-refractivity contribution in [1.82, 2.24) is 5.32 Å². The van der Waals surface area contributed by atoms with E-state index in [2.05, 4.69) is 5.32 Å². The normalized spacial score (nSPS) is 20.7. The van der Waals surface area contributed by atoms with Gasteiger partial charge in [-0.3, -0.25) is 15.0 Å². The van der Waals surface area contributed by atoms with Crippen molar-refractivity contribution in [2.75, 3.05) is 4.90 Å². The third-order valence-corrected chi connectivity index (χ3v) is 2.57. The Morgan fingerprint density at radius 2 is 1.87 bits per heavy atom. The Bertz CT molecular complexity index is 416. The quantitative estimate of drug-likeness (QED) is 0.740. The molecule has 78 valence electrons. The van der Waals surface area contributed by atoms with Gasteiger partial charge in [-0.25, -0.2) is 4.79 Å². The highest BCUT2D eigenvalue weighted by Crippen LogP contribution is 2.22. The minimum Gasteiger partial charge on any atom is -0.282 e. The van der Waals surface area contributed by atoms with Gasteiger partial charge in [-0.2, -0.15) is 0 Å². The highest BCUT2D eigenvalue weighted by molar-refractivity contribution is 6.30. The zero-order valence-corrected chi connectivity index (χ0v) is 8.78. The highest BCUT2D eigenvalue weighted by atomic mass is 35.5. The van der Waals surface area contributed by atoms with Gasteiger partial charge in [0.1, 0.15) is 6.04 Å². The van der Waals surface area contributed by atoms with Gasteiger partial charge in [-0.1, -0.05) is 11.6 Å². The molecule has 4 nitrogen and oxygen atoms in total. The molecular weight excluding hydrogens is 216 g/mol. The molecule has 1 aliphatic heterocycles. The topological polar surface area (TPSA) is 49.4 Å². The highest BCUT2D eigenvalue weighted by Gasteiger charge is 2.35. The van der Waals surface area contributed by atoms with Crippen LogP contribution in [0.2, 0.25) is 5.02 Å². The van der Waals surface area contributed by atoms with Gasteiger partial charge in [0.25, 0.3) is 5.91 Å². The number of hydrogen-bond acceptors (Lipinski definition) is 2. The Balaban J connectivity index is 2.34. The van der Waals surface area contributed by atoms with Crippen molar-refractivity contribution in [2.45, 2.75) is 13.0 Å². The Labute approximate surface area is 91.8 Å². The minimum absolute atomic E-state index is 0.282. The molecule has 0 unspecified atom stereocenters. The van der Waals surface area contributed by atoms with Gasteiger partial charge in [0.05, 0.1) is 0 Å². The molecule has 1 heterocycles. The van der Waals surface area contributed by atoms with Gasteiger partial charge in [-0.05, 0) is 31.2 Å². The van der Waals surface area contributed by atoms with E-state index in [0.717, 1.165) is 0 Å². The van der Waals surface area contributed by atoms with Gasteiger partial charge in [-0.15, -0.1) is 0 Å². The van der Waals surface area contributed by atoms with Gasteiger partial charge < -0.3 is 0 Å². The van der Waals surface area contributed by atoms with E-state index >= 15 is 0 Å². The number of carbonyl (C=O) groups excluding carboxylic acids is 2. The second-order valence-corrected chi connectivity index (χ2v) is 3.75. The lowest BCUT2D eigenvalue weighted by Crippen LogP contribution is -2.32. The largest absolute Gasteiger partial charge is 0.329 e. The summed E-state index contributed by atoms with van der Waals surface area (Å²) in [6.45, 7) is 1.68. The third-order valence-electron chi connectivity index (χ3n) is 2.32. The fourth-order valence-electron chi connectivity index (χ4n) is 1.51. The SMILES string of the molecule is C[C@@H]1C(=O)NC(=O)N1c1ccc(Cl)cc1. The van der Waals surface area contributed by atoms with Crippen molar-refractivity contribution in [3.8, 4) is 0 Å². The number of hydrogen-bond donors (Lipinski definition) is 1. The number of carbonyl (C=O) groups is 2. The number of rotatable bonds is 1. The molecule has 0 aliphatic carbocycles. The zero-order chi connectivity index (χ0) is 11.0. The Kier molecular flexibility index (Phi) is 2.36. The molecule has 1 aliphatic rings. The number of nitrogens with zero attached hydrogens (tertiary/aromatic N) is 1. The van der Waals surface area contributed by atoms with Gasteiger partial charge in [0.2, 0.25) is 0 Å². The molecule has 0 aromatic heterocycles. The molecule has 1 saturated heterocycles. The Morgan fingerprint density at radius 3 is 2.33 bits per heavy atom. The summed E-state index contributed by atoms with van der Waals surface area (Å²) in [4.78, 5) is 24.1. The molecule has 15 heavy (non-hydrogen) atoms. The lowest BCUT2D eigenvalue weighted by molar-refractivity contribution is -0.119. The number of halogens is 1.